The van der Waals surface area contributed by atoms with E-state index < -0.39 is 6.09 Å². The lowest BCUT2D eigenvalue weighted by atomic mass is 10.1. The largest absolute Gasteiger partial charge is 0.453 e. The maximum absolute atomic E-state index is 12.2. The van der Waals surface area contributed by atoms with Crippen molar-refractivity contribution in [2.24, 2.45) is 0 Å². The van der Waals surface area contributed by atoms with Crippen molar-refractivity contribution in [3.05, 3.63) is 35.9 Å². The Bertz CT molecular complexity index is 544. The van der Waals surface area contributed by atoms with Crippen LogP contribution in [-0.2, 0) is 25.5 Å². The summed E-state index contributed by atoms with van der Waals surface area (Å²) >= 11 is 0. The summed E-state index contributed by atoms with van der Waals surface area (Å²) in [7, 11) is 2.97. The van der Waals surface area contributed by atoms with Crippen molar-refractivity contribution < 1.29 is 28.8 Å². The summed E-state index contributed by atoms with van der Waals surface area (Å²) in [5, 5.41) is 9.81. The Hall–Kier alpha value is -1.71. The number of hydrogen-bond acceptors (Lipinski definition) is 7. The van der Waals surface area contributed by atoms with Gasteiger partial charge in [0, 0.05) is 26.7 Å². The number of rotatable bonds is 10. The van der Waals surface area contributed by atoms with Crippen molar-refractivity contribution in [3.63, 3.8) is 0 Å². The average Bonchev–Trinajstić information content (AvgIpc) is 2.71. The number of aliphatic hydroxyl groups excluding tert-OH is 1. The lowest BCUT2D eigenvalue weighted by molar-refractivity contribution is -0.0924. The fraction of sp³-hybridized carbons (Fsp3) is 0.632. The van der Waals surface area contributed by atoms with Gasteiger partial charge in [0.15, 0.2) is 0 Å². The van der Waals surface area contributed by atoms with E-state index in [1.54, 1.807) is 12.0 Å². The number of benzene rings is 1. The van der Waals surface area contributed by atoms with E-state index in [-0.39, 0.29) is 25.5 Å². The van der Waals surface area contributed by atoms with Gasteiger partial charge in [-0.1, -0.05) is 30.3 Å². The Kier molecular flexibility index (Phi) is 9.51. The van der Waals surface area contributed by atoms with E-state index >= 15 is 0 Å². The molecule has 1 saturated heterocycles. The van der Waals surface area contributed by atoms with E-state index in [1.807, 2.05) is 18.2 Å². The Morgan fingerprint density at radius 2 is 1.89 bits per heavy atom. The fourth-order valence-electron chi connectivity index (χ4n) is 3.12. The van der Waals surface area contributed by atoms with Crippen LogP contribution in [0.1, 0.15) is 5.56 Å². The molecule has 1 aromatic carbocycles. The van der Waals surface area contributed by atoms with E-state index in [0.29, 0.717) is 39.5 Å². The predicted octanol–water partition coefficient (Wildman–Crippen LogP) is 0.937. The van der Waals surface area contributed by atoms with Crippen LogP contribution in [0, 0.1) is 0 Å². The Morgan fingerprint density at radius 3 is 2.56 bits per heavy atom. The lowest BCUT2D eigenvalue weighted by Crippen LogP contribution is -2.61. The molecular weight excluding hydrogens is 352 g/mol. The third kappa shape index (κ3) is 6.75. The van der Waals surface area contributed by atoms with Gasteiger partial charge in [0.05, 0.1) is 45.6 Å². The van der Waals surface area contributed by atoms with Crippen LogP contribution in [0.25, 0.3) is 0 Å². The predicted molar refractivity (Wildman–Crippen MR) is 99.3 cm³/mol. The van der Waals surface area contributed by atoms with Crippen molar-refractivity contribution in [2.45, 2.75) is 18.6 Å². The van der Waals surface area contributed by atoms with Gasteiger partial charge in [0.1, 0.15) is 6.79 Å². The molecular formula is C19H30N2O6. The van der Waals surface area contributed by atoms with Gasteiger partial charge in [-0.05, 0) is 5.56 Å². The SMILES string of the molecule is COCCOCOCC1CN(Cc2ccccc2)C(CO)CN1C(=O)OC. The summed E-state index contributed by atoms with van der Waals surface area (Å²) < 4.78 is 20.7. The number of piperazine rings is 1. The highest BCUT2D eigenvalue weighted by Gasteiger charge is 2.36. The molecule has 0 bridgehead atoms. The molecule has 0 radical (unpaired) electrons. The zero-order valence-corrected chi connectivity index (χ0v) is 16.1. The molecule has 8 heteroatoms. The second kappa shape index (κ2) is 11.9. The van der Waals surface area contributed by atoms with E-state index in [9.17, 15) is 9.90 Å². The van der Waals surface area contributed by atoms with Gasteiger partial charge < -0.3 is 24.1 Å². The first-order valence-electron chi connectivity index (χ1n) is 9.07. The monoisotopic (exact) mass is 382 g/mol. The number of hydrogen-bond donors (Lipinski definition) is 1. The topological polar surface area (TPSA) is 80.7 Å². The normalized spacial score (nSPS) is 20.6. The minimum Gasteiger partial charge on any atom is -0.453 e. The smallest absolute Gasteiger partial charge is 0.409 e. The molecule has 0 saturated carbocycles. The molecule has 2 rings (SSSR count). The third-order valence-electron chi connectivity index (χ3n) is 4.57. The van der Waals surface area contributed by atoms with Crippen LogP contribution in [0.4, 0.5) is 4.79 Å². The summed E-state index contributed by atoms with van der Waals surface area (Å²) in [6.45, 7) is 3.04. The van der Waals surface area contributed by atoms with Gasteiger partial charge in [-0.15, -0.1) is 0 Å². The Morgan fingerprint density at radius 1 is 1.11 bits per heavy atom. The molecule has 1 aliphatic rings. The van der Waals surface area contributed by atoms with Gasteiger partial charge in [-0.2, -0.15) is 0 Å². The Labute approximate surface area is 160 Å². The van der Waals surface area contributed by atoms with Gasteiger partial charge in [0.25, 0.3) is 0 Å². The van der Waals surface area contributed by atoms with Crippen molar-refractivity contribution in [1.82, 2.24) is 9.80 Å². The standard InChI is InChI=1S/C19H30N2O6/c1-24-8-9-26-15-27-14-18-11-20(10-16-6-4-3-5-7-16)17(13-22)12-21(18)19(23)25-2/h3-7,17-18,22H,8-15H2,1-2H3. The first-order chi connectivity index (χ1) is 13.2. The lowest BCUT2D eigenvalue weighted by Gasteiger charge is -2.45. The van der Waals surface area contributed by atoms with Crippen LogP contribution < -0.4 is 0 Å². The quantitative estimate of drug-likeness (QED) is 0.476. The van der Waals surface area contributed by atoms with Crippen molar-refractivity contribution in [3.8, 4) is 0 Å². The molecule has 1 heterocycles. The molecule has 1 N–H and O–H groups in total. The van der Waals surface area contributed by atoms with Crippen molar-refractivity contribution >= 4 is 6.09 Å². The van der Waals surface area contributed by atoms with E-state index in [0.717, 1.165) is 5.56 Å². The van der Waals surface area contributed by atoms with Gasteiger partial charge >= 0.3 is 6.09 Å². The summed E-state index contributed by atoms with van der Waals surface area (Å²) in [6.07, 6.45) is -0.415. The summed E-state index contributed by atoms with van der Waals surface area (Å²) in [5.41, 5.74) is 1.16. The van der Waals surface area contributed by atoms with Crippen LogP contribution in [0.5, 0.6) is 0 Å². The second-order valence-corrected chi connectivity index (χ2v) is 6.42. The minimum atomic E-state index is -0.415. The first kappa shape index (κ1) is 21.6. The number of carbonyl (C=O) groups is 1. The number of carbonyl (C=O) groups excluding carboxylic acids is 1. The molecule has 152 valence electrons. The summed E-state index contributed by atoms with van der Waals surface area (Å²) in [6, 6.07) is 9.72. The molecule has 1 fully saturated rings. The van der Waals surface area contributed by atoms with E-state index in [1.165, 1.54) is 7.11 Å². The molecule has 27 heavy (non-hydrogen) atoms. The highest BCUT2D eigenvalue weighted by Crippen LogP contribution is 2.19. The number of amides is 1. The number of nitrogens with zero attached hydrogens (tertiary/aromatic N) is 2. The molecule has 0 spiro atoms. The maximum atomic E-state index is 12.2. The van der Waals surface area contributed by atoms with Crippen molar-refractivity contribution in [1.29, 1.82) is 0 Å². The van der Waals surface area contributed by atoms with Crippen LogP contribution in [-0.4, -0.2) is 93.6 Å². The van der Waals surface area contributed by atoms with Crippen molar-refractivity contribution in [2.75, 3.05) is 60.5 Å². The molecule has 0 aliphatic carbocycles. The zero-order valence-electron chi connectivity index (χ0n) is 16.1. The molecule has 2 unspecified atom stereocenters. The van der Waals surface area contributed by atoms with Gasteiger partial charge in [0.2, 0.25) is 0 Å². The van der Waals surface area contributed by atoms with Gasteiger partial charge in [-0.3, -0.25) is 9.80 Å². The minimum absolute atomic E-state index is 0.0337. The van der Waals surface area contributed by atoms with Crippen LogP contribution in [0.2, 0.25) is 0 Å². The number of ether oxygens (including phenoxy) is 4. The highest BCUT2D eigenvalue weighted by atomic mass is 16.7. The average molecular weight is 382 g/mol. The molecule has 2 atom stereocenters. The molecule has 8 nitrogen and oxygen atoms in total. The fourth-order valence-corrected chi connectivity index (χ4v) is 3.12. The molecule has 1 aromatic rings. The molecule has 0 aromatic heterocycles. The number of aliphatic hydroxyl groups is 1. The third-order valence-corrected chi connectivity index (χ3v) is 4.57. The molecule has 1 amide bonds. The zero-order chi connectivity index (χ0) is 19.5. The maximum Gasteiger partial charge on any atom is 0.409 e. The first-order valence-corrected chi connectivity index (χ1v) is 9.07. The van der Waals surface area contributed by atoms with E-state index in [4.69, 9.17) is 18.9 Å². The van der Waals surface area contributed by atoms with Crippen LogP contribution in [0.15, 0.2) is 30.3 Å². The van der Waals surface area contributed by atoms with E-state index in [2.05, 4.69) is 17.0 Å². The molecule has 1 aliphatic heterocycles. The van der Waals surface area contributed by atoms with Crippen LogP contribution >= 0.6 is 0 Å². The van der Waals surface area contributed by atoms with Gasteiger partial charge in [-0.25, -0.2) is 4.79 Å². The summed E-state index contributed by atoms with van der Waals surface area (Å²) in [5.74, 6) is 0. The number of methoxy groups -OCH3 is 2. The van der Waals surface area contributed by atoms with Crippen LogP contribution in [0.3, 0.4) is 0 Å². The highest BCUT2D eigenvalue weighted by molar-refractivity contribution is 5.68. The Balaban J connectivity index is 1.97. The second-order valence-electron chi connectivity index (χ2n) is 6.42. The summed E-state index contributed by atoms with van der Waals surface area (Å²) in [4.78, 5) is 16.0.